The van der Waals surface area contributed by atoms with E-state index in [1.165, 1.54) is 0 Å². The number of carbonyl (C=O) groups excluding carboxylic acids is 3. The van der Waals surface area contributed by atoms with E-state index in [-0.39, 0.29) is 21.4 Å². The zero-order chi connectivity index (χ0) is 17.1. The summed E-state index contributed by atoms with van der Waals surface area (Å²) in [4.78, 5) is 38.3. The van der Waals surface area contributed by atoms with Crippen molar-refractivity contribution in [3.8, 4) is 0 Å². The molecule has 7 nitrogen and oxygen atoms in total. The first-order valence-electron chi connectivity index (χ1n) is 5.19. The number of anilines is 1. The molecule has 1 aromatic heterocycles. The zero-order valence-corrected chi connectivity index (χ0v) is 14.3. The average Bonchev–Trinajstić information content (AvgIpc) is 2.42. The first-order valence-corrected chi connectivity index (χ1v) is 7.08. The van der Waals surface area contributed by atoms with Crippen LogP contribution < -0.4 is 10.6 Å². The van der Waals surface area contributed by atoms with Crippen LogP contribution in [-0.4, -0.2) is 33.8 Å². The molecule has 0 aliphatic rings. The van der Waals surface area contributed by atoms with Crippen LogP contribution in [0.15, 0.2) is 6.20 Å². The van der Waals surface area contributed by atoms with Gasteiger partial charge in [0, 0.05) is 6.20 Å². The molecule has 0 aliphatic heterocycles. The highest BCUT2D eigenvalue weighted by Crippen LogP contribution is 2.32. The molecule has 120 valence electrons. The van der Waals surface area contributed by atoms with Gasteiger partial charge in [-0.25, -0.2) is 14.6 Å². The first kappa shape index (κ1) is 19.1. The predicted octanol–water partition coefficient (Wildman–Crippen LogP) is 3.19. The molecule has 3 amide bonds. The molecule has 12 heteroatoms. The van der Waals surface area contributed by atoms with Gasteiger partial charge in [-0.05, 0) is 0 Å². The van der Waals surface area contributed by atoms with E-state index in [1.54, 1.807) is 5.32 Å². The number of amides is 3. The first-order chi connectivity index (χ1) is 10.1. The molecule has 0 saturated heterocycles. The summed E-state index contributed by atoms with van der Waals surface area (Å²) in [6, 6.07) is -1.11. The van der Waals surface area contributed by atoms with Crippen LogP contribution in [0.4, 0.5) is 10.5 Å². The Morgan fingerprint density at radius 2 is 1.82 bits per heavy atom. The molecule has 0 aliphatic carbocycles. The Kier molecular flexibility index (Phi) is 6.51. The number of carbonyl (C=O) groups is 3. The number of rotatable bonds is 2. The van der Waals surface area contributed by atoms with E-state index >= 15 is 0 Å². The standard InChI is InChI=1S/C10H6Cl5N3O4/c1-22-7(19)3-2-16-6(12)4(11)5(3)17-9(21)18-8(20)10(13,14)15/h2H,1H3,(H2,16,17,18,20,21). The van der Waals surface area contributed by atoms with E-state index in [9.17, 15) is 14.4 Å². The fourth-order valence-corrected chi connectivity index (χ4v) is 1.65. The topological polar surface area (TPSA) is 97.4 Å². The molecule has 1 heterocycles. The van der Waals surface area contributed by atoms with Gasteiger partial charge >= 0.3 is 12.0 Å². The van der Waals surface area contributed by atoms with Crippen molar-refractivity contribution >= 4 is 81.6 Å². The monoisotopic (exact) mass is 407 g/mol. The number of nitrogens with one attached hydrogen (secondary N) is 2. The minimum absolute atomic E-state index is 0.183. The molecule has 0 aromatic carbocycles. The van der Waals surface area contributed by atoms with Gasteiger partial charge in [-0.2, -0.15) is 0 Å². The van der Waals surface area contributed by atoms with E-state index in [4.69, 9.17) is 58.0 Å². The number of esters is 1. The second kappa shape index (κ2) is 7.52. The molecule has 1 rings (SSSR count). The van der Waals surface area contributed by atoms with Crippen LogP contribution >= 0.6 is 58.0 Å². The van der Waals surface area contributed by atoms with Crippen molar-refractivity contribution in [3.63, 3.8) is 0 Å². The number of hydrogen-bond acceptors (Lipinski definition) is 5. The second-order valence-corrected chi connectivity index (χ2v) is 6.57. The molecule has 2 N–H and O–H groups in total. The van der Waals surface area contributed by atoms with Crippen molar-refractivity contribution in [2.24, 2.45) is 0 Å². The fourth-order valence-electron chi connectivity index (χ4n) is 1.17. The average molecular weight is 409 g/mol. The van der Waals surface area contributed by atoms with E-state index in [1.807, 2.05) is 0 Å². The zero-order valence-electron chi connectivity index (χ0n) is 10.5. The SMILES string of the molecule is COC(=O)c1cnc(Cl)c(Cl)c1NC(=O)NC(=O)C(Cl)(Cl)Cl. The van der Waals surface area contributed by atoms with Crippen molar-refractivity contribution in [1.82, 2.24) is 10.3 Å². The Bertz CT molecular complexity index is 632. The number of imide groups is 1. The maximum absolute atomic E-state index is 11.7. The summed E-state index contributed by atoms with van der Waals surface area (Å²) < 4.78 is 2.16. The number of urea groups is 1. The fraction of sp³-hybridized carbons (Fsp3) is 0.200. The highest BCUT2D eigenvalue weighted by Gasteiger charge is 2.32. The Hall–Kier alpha value is -0.990. The third-order valence-corrected chi connectivity index (χ3v) is 3.37. The van der Waals surface area contributed by atoms with Gasteiger partial charge in [0.1, 0.15) is 15.7 Å². The largest absolute Gasteiger partial charge is 0.465 e. The normalized spacial score (nSPS) is 10.8. The number of nitrogens with zero attached hydrogens (tertiary/aromatic N) is 1. The van der Waals surface area contributed by atoms with Crippen molar-refractivity contribution in [3.05, 3.63) is 21.9 Å². The third kappa shape index (κ3) is 4.76. The van der Waals surface area contributed by atoms with Crippen molar-refractivity contribution < 1.29 is 19.1 Å². The van der Waals surface area contributed by atoms with E-state index in [0.717, 1.165) is 13.3 Å². The quantitative estimate of drug-likeness (QED) is 0.444. The third-order valence-electron chi connectivity index (χ3n) is 2.11. The van der Waals surface area contributed by atoms with Gasteiger partial charge in [-0.3, -0.25) is 10.1 Å². The molecule has 0 saturated carbocycles. The lowest BCUT2D eigenvalue weighted by Crippen LogP contribution is -2.41. The van der Waals surface area contributed by atoms with Crippen LogP contribution in [-0.2, 0) is 9.53 Å². The predicted molar refractivity (Wildman–Crippen MR) is 83.0 cm³/mol. The van der Waals surface area contributed by atoms with E-state index in [0.29, 0.717) is 0 Å². The lowest BCUT2D eigenvalue weighted by Gasteiger charge is -2.14. The van der Waals surface area contributed by atoms with Crippen LogP contribution in [0, 0.1) is 0 Å². The molecule has 0 fully saturated rings. The number of methoxy groups -OCH3 is 1. The summed E-state index contributed by atoms with van der Waals surface area (Å²) in [5, 5.41) is 3.46. The van der Waals surface area contributed by atoms with Gasteiger partial charge < -0.3 is 10.1 Å². The highest BCUT2D eigenvalue weighted by atomic mass is 35.6. The maximum Gasteiger partial charge on any atom is 0.341 e. The number of halogens is 5. The Labute approximate surface area is 149 Å². The molecule has 1 aromatic rings. The summed E-state index contributed by atoms with van der Waals surface area (Å²) in [5.41, 5.74) is -0.406. The van der Waals surface area contributed by atoms with Crippen molar-refractivity contribution in [2.75, 3.05) is 12.4 Å². The van der Waals surface area contributed by atoms with Crippen molar-refractivity contribution in [1.29, 1.82) is 0 Å². The molecular formula is C10H6Cl5N3O4. The van der Waals surface area contributed by atoms with Gasteiger partial charge in [-0.15, -0.1) is 0 Å². The van der Waals surface area contributed by atoms with Gasteiger partial charge in [0.25, 0.3) is 9.70 Å². The molecule has 0 atom stereocenters. The Balaban J connectivity index is 3.06. The summed E-state index contributed by atoms with van der Waals surface area (Å²) in [6.45, 7) is 0. The minimum Gasteiger partial charge on any atom is -0.465 e. The van der Waals surface area contributed by atoms with Crippen molar-refractivity contribution in [2.45, 2.75) is 3.79 Å². The lowest BCUT2D eigenvalue weighted by atomic mass is 10.2. The number of pyridine rings is 1. The summed E-state index contributed by atoms with van der Waals surface area (Å²) in [7, 11) is 1.11. The maximum atomic E-state index is 11.7. The van der Waals surface area contributed by atoms with Crippen LogP contribution in [0.5, 0.6) is 0 Å². The van der Waals surface area contributed by atoms with E-state index in [2.05, 4.69) is 15.0 Å². The Morgan fingerprint density at radius 1 is 1.23 bits per heavy atom. The summed E-state index contributed by atoms with van der Waals surface area (Å²) >= 11 is 27.5. The minimum atomic E-state index is -2.35. The second-order valence-electron chi connectivity index (χ2n) is 3.55. The van der Waals surface area contributed by atoms with Crippen LogP contribution in [0.1, 0.15) is 10.4 Å². The lowest BCUT2D eigenvalue weighted by molar-refractivity contribution is -0.119. The summed E-state index contributed by atoms with van der Waals surface area (Å²) in [6.07, 6.45) is 1.03. The molecular weight excluding hydrogens is 403 g/mol. The van der Waals surface area contributed by atoms with Gasteiger partial charge in [0.05, 0.1) is 12.8 Å². The smallest absolute Gasteiger partial charge is 0.341 e. The molecule has 0 unspecified atom stereocenters. The molecule has 0 radical (unpaired) electrons. The number of aromatic nitrogens is 1. The molecule has 0 bridgehead atoms. The van der Waals surface area contributed by atoms with Gasteiger partial charge in [0.15, 0.2) is 0 Å². The molecule has 22 heavy (non-hydrogen) atoms. The van der Waals surface area contributed by atoms with E-state index < -0.39 is 21.7 Å². The number of hydrogen-bond donors (Lipinski definition) is 2. The highest BCUT2D eigenvalue weighted by molar-refractivity contribution is 6.76. The van der Waals surface area contributed by atoms with Crippen LogP contribution in [0.25, 0.3) is 0 Å². The van der Waals surface area contributed by atoms with Crippen LogP contribution in [0.3, 0.4) is 0 Å². The number of ether oxygens (including phenoxy) is 1. The summed E-state index contributed by atoms with van der Waals surface area (Å²) in [5.74, 6) is -2.04. The van der Waals surface area contributed by atoms with Crippen LogP contribution in [0.2, 0.25) is 10.2 Å². The molecule has 0 spiro atoms. The van der Waals surface area contributed by atoms with Gasteiger partial charge in [0.2, 0.25) is 0 Å². The Morgan fingerprint density at radius 3 is 2.32 bits per heavy atom. The van der Waals surface area contributed by atoms with Gasteiger partial charge in [-0.1, -0.05) is 58.0 Å². The number of alkyl halides is 3.